The maximum absolute atomic E-state index is 11.8. The number of carbonyl (C=O) groups is 2. The molecule has 1 N–H and O–H groups in total. The summed E-state index contributed by atoms with van der Waals surface area (Å²) < 4.78 is 5.56. The van der Waals surface area contributed by atoms with Gasteiger partial charge in [-0.05, 0) is 19.3 Å². The van der Waals surface area contributed by atoms with Crippen LogP contribution < -0.4 is 0 Å². The quantitative estimate of drug-likeness (QED) is 0.698. The highest BCUT2D eigenvalue weighted by Gasteiger charge is 2.17. The van der Waals surface area contributed by atoms with Crippen LogP contribution in [-0.2, 0) is 14.3 Å². The summed E-state index contributed by atoms with van der Waals surface area (Å²) in [7, 11) is 1.62. The number of aliphatic carboxylic acids is 1. The Hall–Kier alpha value is -1.10. The molecule has 5 heteroatoms. The number of nitrogens with zero attached hydrogens (tertiary/aromatic N) is 1. The van der Waals surface area contributed by atoms with Crippen molar-refractivity contribution < 1.29 is 19.4 Å². The molecule has 0 saturated heterocycles. The Labute approximate surface area is 115 Å². The SMILES string of the molecule is CC(C)CC(C)OCCC(=O)N(C)CC(C)C(=O)O. The summed E-state index contributed by atoms with van der Waals surface area (Å²) in [5.74, 6) is -0.939. The number of carboxylic acid groups (broad SMARTS) is 1. The van der Waals surface area contributed by atoms with Crippen LogP contribution in [0.5, 0.6) is 0 Å². The lowest BCUT2D eigenvalue weighted by Crippen LogP contribution is -2.34. The van der Waals surface area contributed by atoms with Crippen LogP contribution in [0, 0.1) is 11.8 Å². The summed E-state index contributed by atoms with van der Waals surface area (Å²) in [5.41, 5.74) is 0. The Morgan fingerprint density at radius 1 is 1.21 bits per heavy atom. The summed E-state index contributed by atoms with van der Waals surface area (Å²) in [6.45, 7) is 8.47. The van der Waals surface area contributed by atoms with Crippen molar-refractivity contribution in [2.75, 3.05) is 20.2 Å². The van der Waals surface area contributed by atoms with Crippen LogP contribution in [0.25, 0.3) is 0 Å². The lowest BCUT2D eigenvalue weighted by molar-refractivity contribution is -0.142. The maximum Gasteiger partial charge on any atom is 0.308 e. The van der Waals surface area contributed by atoms with Gasteiger partial charge in [0.15, 0.2) is 0 Å². The van der Waals surface area contributed by atoms with Crippen molar-refractivity contribution in [3.8, 4) is 0 Å². The zero-order valence-electron chi connectivity index (χ0n) is 12.7. The third-order valence-corrected chi connectivity index (χ3v) is 2.92. The van der Waals surface area contributed by atoms with Gasteiger partial charge in [0.25, 0.3) is 0 Å². The molecule has 0 aliphatic heterocycles. The van der Waals surface area contributed by atoms with Gasteiger partial charge in [-0.3, -0.25) is 9.59 Å². The molecule has 0 radical (unpaired) electrons. The van der Waals surface area contributed by atoms with E-state index in [1.807, 2.05) is 6.92 Å². The van der Waals surface area contributed by atoms with E-state index in [0.29, 0.717) is 18.9 Å². The van der Waals surface area contributed by atoms with Crippen molar-refractivity contribution in [3.05, 3.63) is 0 Å². The number of ether oxygens (including phenoxy) is 1. The fraction of sp³-hybridized carbons (Fsp3) is 0.857. The third-order valence-electron chi connectivity index (χ3n) is 2.92. The van der Waals surface area contributed by atoms with E-state index in [2.05, 4.69) is 13.8 Å². The van der Waals surface area contributed by atoms with Gasteiger partial charge in [-0.25, -0.2) is 0 Å². The highest BCUT2D eigenvalue weighted by molar-refractivity contribution is 5.77. The van der Waals surface area contributed by atoms with Gasteiger partial charge in [-0.2, -0.15) is 0 Å². The van der Waals surface area contributed by atoms with Gasteiger partial charge >= 0.3 is 5.97 Å². The summed E-state index contributed by atoms with van der Waals surface area (Å²) >= 11 is 0. The first-order valence-electron chi connectivity index (χ1n) is 6.82. The molecule has 112 valence electrons. The molecule has 2 unspecified atom stereocenters. The fourth-order valence-electron chi connectivity index (χ4n) is 1.86. The van der Waals surface area contributed by atoms with Gasteiger partial charge in [0.1, 0.15) is 0 Å². The number of amides is 1. The van der Waals surface area contributed by atoms with Crippen LogP contribution in [0.4, 0.5) is 0 Å². The van der Waals surface area contributed by atoms with Crippen LogP contribution in [0.15, 0.2) is 0 Å². The minimum absolute atomic E-state index is 0.0788. The second kappa shape index (κ2) is 8.91. The Morgan fingerprint density at radius 3 is 2.26 bits per heavy atom. The lowest BCUT2D eigenvalue weighted by atomic mass is 10.1. The fourth-order valence-corrected chi connectivity index (χ4v) is 1.86. The Balaban J connectivity index is 3.88. The number of rotatable bonds is 9. The van der Waals surface area contributed by atoms with Gasteiger partial charge < -0.3 is 14.7 Å². The first kappa shape index (κ1) is 17.9. The molecule has 0 aromatic rings. The van der Waals surface area contributed by atoms with Crippen LogP contribution in [0.3, 0.4) is 0 Å². The van der Waals surface area contributed by atoms with E-state index in [1.54, 1.807) is 14.0 Å². The van der Waals surface area contributed by atoms with E-state index in [9.17, 15) is 9.59 Å². The maximum atomic E-state index is 11.8. The standard InChI is InChI=1S/C14H27NO4/c1-10(2)8-12(4)19-7-6-13(16)15(5)9-11(3)14(17)18/h10-12H,6-9H2,1-5H3,(H,17,18). The number of carbonyl (C=O) groups excluding carboxylic acids is 1. The summed E-state index contributed by atoms with van der Waals surface area (Å²) in [6.07, 6.45) is 1.42. The van der Waals surface area contributed by atoms with Crippen molar-refractivity contribution in [1.82, 2.24) is 4.90 Å². The predicted octanol–water partition coefficient (Wildman–Crippen LogP) is 2.01. The molecule has 1 amide bonds. The molecule has 0 heterocycles. The molecule has 0 rings (SSSR count). The van der Waals surface area contributed by atoms with E-state index < -0.39 is 11.9 Å². The van der Waals surface area contributed by atoms with Gasteiger partial charge in [-0.1, -0.05) is 20.8 Å². The molecule has 0 aromatic heterocycles. The molecular formula is C14H27NO4. The molecule has 5 nitrogen and oxygen atoms in total. The molecule has 0 aliphatic rings. The first-order chi connectivity index (χ1) is 8.73. The molecule has 0 fully saturated rings. The number of carboxylic acids is 1. The Kier molecular flexibility index (Phi) is 8.39. The number of hydrogen-bond acceptors (Lipinski definition) is 3. The molecule has 0 aromatic carbocycles. The third kappa shape index (κ3) is 8.59. The van der Waals surface area contributed by atoms with Crippen LogP contribution in [0.1, 0.15) is 40.5 Å². The molecule has 0 saturated carbocycles. The van der Waals surface area contributed by atoms with Gasteiger partial charge in [0.2, 0.25) is 5.91 Å². The van der Waals surface area contributed by atoms with E-state index in [1.165, 1.54) is 4.90 Å². The second-order valence-electron chi connectivity index (χ2n) is 5.57. The second-order valence-corrected chi connectivity index (χ2v) is 5.57. The largest absolute Gasteiger partial charge is 0.481 e. The molecular weight excluding hydrogens is 246 g/mol. The number of hydrogen-bond donors (Lipinski definition) is 1. The zero-order chi connectivity index (χ0) is 15.0. The summed E-state index contributed by atoms with van der Waals surface area (Å²) in [6, 6.07) is 0. The minimum Gasteiger partial charge on any atom is -0.481 e. The molecule has 0 bridgehead atoms. The molecule has 0 spiro atoms. The van der Waals surface area contributed by atoms with E-state index >= 15 is 0 Å². The Bertz CT molecular complexity index is 291. The first-order valence-corrected chi connectivity index (χ1v) is 6.82. The average molecular weight is 273 g/mol. The van der Waals surface area contributed by atoms with Crippen molar-refractivity contribution in [2.45, 2.75) is 46.6 Å². The summed E-state index contributed by atoms with van der Waals surface area (Å²) in [4.78, 5) is 23.9. The zero-order valence-corrected chi connectivity index (χ0v) is 12.7. The smallest absolute Gasteiger partial charge is 0.308 e. The van der Waals surface area contributed by atoms with Crippen molar-refractivity contribution in [2.24, 2.45) is 11.8 Å². The van der Waals surface area contributed by atoms with Crippen molar-refractivity contribution in [3.63, 3.8) is 0 Å². The predicted molar refractivity (Wildman–Crippen MR) is 73.9 cm³/mol. The van der Waals surface area contributed by atoms with Crippen LogP contribution in [0.2, 0.25) is 0 Å². The van der Waals surface area contributed by atoms with Crippen LogP contribution >= 0.6 is 0 Å². The summed E-state index contributed by atoms with van der Waals surface area (Å²) in [5, 5.41) is 8.78. The van der Waals surface area contributed by atoms with Crippen molar-refractivity contribution in [1.29, 1.82) is 0 Å². The van der Waals surface area contributed by atoms with Crippen LogP contribution in [-0.4, -0.2) is 48.2 Å². The van der Waals surface area contributed by atoms with E-state index in [4.69, 9.17) is 9.84 Å². The van der Waals surface area contributed by atoms with E-state index in [-0.39, 0.29) is 18.6 Å². The van der Waals surface area contributed by atoms with E-state index in [0.717, 1.165) is 6.42 Å². The molecule has 19 heavy (non-hydrogen) atoms. The highest BCUT2D eigenvalue weighted by atomic mass is 16.5. The minimum atomic E-state index is -0.888. The highest BCUT2D eigenvalue weighted by Crippen LogP contribution is 2.08. The average Bonchev–Trinajstić information content (AvgIpc) is 2.27. The Morgan fingerprint density at radius 2 is 1.79 bits per heavy atom. The van der Waals surface area contributed by atoms with Gasteiger partial charge in [-0.15, -0.1) is 0 Å². The normalized spacial score (nSPS) is 14.2. The molecule has 2 atom stereocenters. The molecule has 0 aliphatic carbocycles. The van der Waals surface area contributed by atoms with Crippen molar-refractivity contribution >= 4 is 11.9 Å². The lowest BCUT2D eigenvalue weighted by Gasteiger charge is -2.20. The van der Waals surface area contributed by atoms with Gasteiger partial charge in [0.05, 0.1) is 25.0 Å². The van der Waals surface area contributed by atoms with Gasteiger partial charge in [0, 0.05) is 13.6 Å². The monoisotopic (exact) mass is 273 g/mol. The topological polar surface area (TPSA) is 66.8 Å².